The standard InChI is InChI=1S/C9H16N2O/c10-8(12)5-9(11)4-6-1-2-7(9)3-6/h6-7H,1-5,11H2,(H2,10,12). The van der Waals surface area contributed by atoms with E-state index in [1.165, 1.54) is 19.3 Å². The van der Waals surface area contributed by atoms with Crippen LogP contribution in [0.25, 0.3) is 0 Å². The summed E-state index contributed by atoms with van der Waals surface area (Å²) >= 11 is 0. The summed E-state index contributed by atoms with van der Waals surface area (Å²) in [7, 11) is 0. The molecule has 2 aliphatic rings. The highest BCUT2D eigenvalue weighted by Gasteiger charge is 2.48. The Hall–Kier alpha value is -0.570. The number of hydrogen-bond acceptors (Lipinski definition) is 2. The predicted octanol–water partition coefficient (Wildman–Crippen LogP) is 0.379. The van der Waals surface area contributed by atoms with Crippen LogP contribution in [0.1, 0.15) is 32.1 Å². The normalized spacial score (nSPS) is 45.1. The molecule has 0 radical (unpaired) electrons. The minimum absolute atomic E-state index is 0.241. The molecule has 0 heterocycles. The SMILES string of the molecule is NC(=O)CC1(N)CC2CCC1C2. The number of rotatable bonds is 2. The van der Waals surface area contributed by atoms with Gasteiger partial charge < -0.3 is 11.5 Å². The lowest BCUT2D eigenvalue weighted by molar-refractivity contribution is -0.119. The Morgan fingerprint density at radius 2 is 2.25 bits per heavy atom. The maximum atomic E-state index is 10.8. The third kappa shape index (κ3) is 1.12. The molecule has 0 aromatic rings. The lowest BCUT2D eigenvalue weighted by Crippen LogP contribution is -2.47. The zero-order valence-corrected chi connectivity index (χ0v) is 7.25. The van der Waals surface area contributed by atoms with Crippen molar-refractivity contribution in [3.05, 3.63) is 0 Å². The molecular weight excluding hydrogens is 152 g/mol. The molecule has 0 saturated heterocycles. The number of hydrogen-bond donors (Lipinski definition) is 2. The van der Waals surface area contributed by atoms with Gasteiger partial charge in [0.1, 0.15) is 0 Å². The monoisotopic (exact) mass is 168 g/mol. The van der Waals surface area contributed by atoms with E-state index in [-0.39, 0.29) is 11.4 Å². The van der Waals surface area contributed by atoms with Crippen molar-refractivity contribution in [2.75, 3.05) is 0 Å². The summed E-state index contributed by atoms with van der Waals surface area (Å²) in [5, 5.41) is 0. The Labute approximate surface area is 72.5 Å². The zero-order valence-electron chi connectivity index (χ0n) is 7.25. The summed E-state index contributed by atoms with van der Waals surface area (Å²) < 4.78 is 0. The molecule has 1 amide bonds. The van der Waals surface area contributed by atoms with Crippen LogP contribution < -0.4 is 11.5 Å². The topological polar surface area (TPSA) is 69.1 Å². The third-order valence-corrected chi connectivity index (χ3v) is 3.53. The first-order valence-corrected chi connectivity index (χ1v) is 4.67. The molecule has 4 N–H and O–H groups in total. The maximum Gasteiger partial charge on any atom is 0.219 e. The van der Waals surface area contributed by atoms with E-state index in [0.717, 1.165) is 12.3 Å². The summed E-state index contributed by atoms with van der Waals surface area (Å²) in [5.74, 6) is 1.10. The van der Waals surface area contributed by atoms with Crippen molar-refractivity contribution in [1.29, 1.82) is 0 Å². The first-order valence-electron chi connectivity index (χ1n) is 4.67. The van der Waals surface area contributed by atoms with Gasteiger partial charge in [-0.25, -0.2) is 0 Å². The van der Waals surface area contributed by atoms with Crippen molar-refractivity contribution in [1.82, 2.24) is 0 Å². The van der Waals surface area contributed by atoms with Gasteiger partial charge in [0.2, 0.25) is 5.91 Å². The van der Waals surface area contributed by atoms with Gasteiger partial charge in [0.15, 0.2) is 0 Å². The van der Waals surface area contributed by atoms with Crippen LogP contribution in [-0.4, -0.2) is 11.4 Å². The van der Waals surface area contributed by atoms with Crippen LogP contribution in [0.3, 0.4) is 0 Å². The molecule has 3 atom stereocenters. The van der Waals surface area contributed by atoms with E-state index < -0.39 is 0 Å². The van der Waals surface area contributed by atoms with Crippen LogP contribution in [0, 0.1) is 11.8 Å². The van der Waals surface area contributed by atoms with Crippen molar-refractivity contribution in [3.8, 4) is 0 Å². The Morgan fingerprint density at radius 3 is 2.67 bits per heavy atom. The minimum atomic E-state index is -0.245. The van der Waals surface area contributed by atoms with Gasteiger partial charge in [-0.15, -0.1) is 0 Å². The first-order chi connectivity index (χ1) is 5.60. The molecule has 0 spiro atoms. The van der Waals surface area contributed by atoms with Crippen LogP contribution in [0.4, 0.5) is 0 Å². The van der Waals surface area contributed by atoms with Gasteiger partial charge in [-0.05, 0) is 31.1 Å². The highest BCUT2D eigenvalue weighted by molar-refractivity contribution is 5.75. The van der Waals surface area contributed by atoms with E-state index in [4.69, 9.17) is 11.5 Å². The Morgan fingerprint density at radius 1 is 1.50 bits per heavy atom. The van der Waals surface area contributed by atoms with Crippen molar-refractivity contribution in [2.45, 2.75) is 37.6 Å². The highest BCUT2D eigenvalue weighted by atomic mass is 16.1. The molecule has 0 aromatic heterocycles. The number of primary amides is 1. The number of nitrogens with two attached hydrogens (primary N) is 2. The van der Waals surface area contributed by atoms with Crippen LogP contribution in [0.2, 0.25) is 0 Å². The molecular formula is C9H16N2O. The number of amides is 1. The van der Waals surface area contributed by atoms with E-state index in [1.54, 1.807) is 0 Å². The molecule has 0 aromatic carbocycles. The molecule has 2 aliphatic carbocycles. The molecule has 68 valence electrons. The summed E-state index contributed by atoms with van der Waals surface area (Å²) in [5.41, 5.74) is 11.1. The van der Waals surface area contributed by atoms with Crippen LogP contribution >= 0.6 is 0 Å². The molecule has 3 nitrogen and oxygen atoms in total. The maximum absolute atomic E-state index is 10.8. The average molecular weight is 168 g/mol. The Kier molecular flexibility index (Phi) is 1.65. The van der Waals surface area contributed by atoms with E-state index in [1.807, 2.05) is 0 Å². The second-order valence-corrected chi connectivity index (χ2v) is 4.46. The quantitative estimate of drug-likeness (QED) is 0.625. The second kappa shape index (κ2) is 2.46. The zero-order chi connectivity index (χ0) is 8.77. The molecule has 3 heteroatoms. The van der Waals surface area contributed by atoms with E-state index in [2.05, 4.69) is 0 Å². The van der Waals surface area contributed by atoms with Gasteiger partial charge >= 0.3 is 0 Å². The fourth-order valence-corrected chi connectivity index (χ4v) is 3.03. The molecule has 2 fully saturated rings. The smallest absolute Gasteiger partial charge is 0.219 e. The first kappa shape index (κ1) is 8.05. The Bertz CT molecular complexity index is 217. The molecule has 2 rings (SSSR count). The predicted molar refractivity (Wildman–Crippen MR) is 46.2 cm³/mol. The van der Waals surface area contributed by atoms with Crippen molar-refractivity contribution in [2.24, 2.45) is 23.3 Å². The highest BCUT2D eigenvalue weighted by Crippen LogP contribution is 2.50. The molecule has 2 saturated carbocycles. The van der Waals surface area contributed by atoms with E-state index in [9.17, 15) is 4.79 Å². The van der Waals surface area contributed by atoms with Gasteiger partial charge in [0.05, 0.1) is 0 Å². The van der Waals surface area contributed by atoms with Gasteiger partial charge in [0.25, 0.3) is 0 Å². The lowest BCUT2D eigenvalue weighted by atomic mass is 9.79. The molecule has 3 unspecified atom stereocenters. The van der Waals surface area contributed by atoms with Gasteiger partial charge in [-0.1, -0.05) is 6.42 Å². The summed E-state index contributed by atoms with van der Waals surface area (Å²) in [4.78, 5) is 10.8. The van der Waals surface area contributed by atoms with Crippen LogP contribution in [0.5, 0.6) is 0 Å². The summed E-state index contributed by atoms with van der Waals surface area (Å²) in [6, 6.07) is 0. The second-order valence-electron chi connectivity index (χ2n) is 4.46. The Balaban J connectivity index is 2.07. The van der Waals surface area contributed by atoms with Crippen molar-refractivity contribution >= 4 is 5.91 Å². The molecule has 0 aliphatic heterocycles. The van der Waals surface area contributed by atoms with Crippen molar-refractivity contribution in [3.63, 3.8) is 0 Å². The number of carbonyl (C=O) groups is 1. The van der Waals surface area contributed by atoms with Gasteiger partial charge in [-0.3, -0.25) is 4.79 Å². The average Bonchev–Trinajstić information content (AvgIpc) is 2.42. The van der Waals surface area contributed by atoms with Crippen LogP contribution in [-0.2, 0) is 4.79 Å². The largest absolute Gasteiger partial charge is 0.370 e. The third-order valence-electron chi connectivity index (χ3n) is 3.53. The number of fused-ring (bicyclic) bond motifs is 2. The number of carbonyl (C=O) groups excluding carboxylic acids is 1. The van der Waals surface area contributed by atoms with Crippen molar-refractivity contribution < 1.29 is 4.79 Å². The summed E-state index contributed by atoms with van der Waals surface area (Å²) in [6.45, 7) is 0. The fraction of sp³-hybridized carbons (Fsp3) is 0.889. The minimum Gasteiger partial charge on any atom is -0.370 e. The lowest BCUT2D eigenvalue weighted by Gasteiger charge is -2.32. The molecule has 12 heavy (non-hydrogen) atoms. The van der Waals surface area contributed by atoms with Gasteiger partial charge in [-0.2, -0.15) is 0 Å². The summed E-state index contributed by atoms with van der Waals surface area (Å²) in [6.07, 6.45) is 5.13. The van der Waals surface area contributed by atoms with E-state index in [0.29, 0.717) is 12.3 Å². The van der Waals surface area contributed by atoms with E-state index >= 15 is 0 Å². The molecule has 2 bridgehead atoms. The fourth-order valence-electron chi connectivity index (χ4n) is 3.03. The van der Waals surface area contributed by atoms with Crippen LogP contribution in [0.15, 0.2) is 0 Å². The van der Waals surface area contributed by atoms with Gasteiger partial charge in [0, 0.05) is 12.0 Å².